The largest absolute Gasteiger partial charge is 0.484 e. The van der Waals surface area contributed by atoms with Crippen LogP contribution in [0.25, 0.3) is 0 Å². The molecule has 0 bridgehead atoms. The molecule has 0 saturated carbocycles. The van der Waals surface area contributed by atoms with Gasteiger partial charge >= 0.3 is 0 Å². The molecule has 1 unspecified atom stereocenters. The molecule has 3 nitrogen and oxygen atoms in total. The van der Waals surface area contributed by atoms with Crippen molar-refractivity contribution in [3.63, 3.8) is 0 Å². The fourth-order valence-corrected chi connectivity index (χ4v) is 2.19. The molecule has 1 amide bonds. The third-order valence-electron chi connectivity index (χ3n) is 3.33. The molecule has 0 saturated heterocycles. The number of hydrogen-bond donors (Lipinski definition) is 1. The van der Waals surface area contributed by atoms with Gasteiger partial charge in [-0.15, -0.1) is 0 Å². The van der Waals surface area contributed by atoms with Crippen molar-refractivity contribution in [2.75, 3.05) is 6.61 Å². The number of carbonyl (C=O) groups is 1. The van der Waals surface area contributed by atoms with E-state index >= 15 is 0 Å². The van der Waals surface area contributed by atoms with E-state index < -0.39 is 0 Å². The van der Waals surface area contributed by atoms with Crippen LogP contribution in [0.15, 0.2) is 54.6 Å². The highest BCUT2D eigenvalue weighted by atomic mass is 19.1. The Morgan fingerprint density at radius 3 is 2.32 bits per heavy atom. The zero-order valence-electron chi connectivity index (χ0n) is 12.8. The molecule has 1 atom stereocenters. The van der Waals surface area contributed by atoms with Gasteiger partial charge in [-0.2, -0.15) is 0 Å². The summed E-state index contributed by atoms with van der Waals surface area (Å²) in [5, 5.41) is 2.94. The summed E-state index contributed by atoms with van der Waals surface area (Å²) < 4.78 is 18.4. The standard InChI is InChI=1S/C18H20FNO2/c1-13(2)18(14-8-10-15(19)11-9-14)20-17(21)12-22-16-6-4-3-5-7-16/h3-11,13,18H,12H2,1-2H3,(H,20,21). The van der Waals surface area contributed by atoms with Gasteiger partial charge in [0, 0.05) is 0 Å². The van der Waals surface area contributed by atoms with Crippen molar-refractivity contribution in [1.29, 1.82) is 0 Å². The van der Waals surface area contributed by atoms with Crippen LogP contribution in [0.4, 0.5) is 4.39 Å². The number of nitrogens with one attached hydrogen (secondary N) is 1. The maximum atomic E-state index is 13.0. The SMILES string of the molecule is CC(C)C(NC(=O)COc1ccccc1)c1ccc(F)cc1. The van der Waals surface area contributed by atoms with Crippen LogP contribution in [-0.2, 0) is 4.79 Å². The van der Waals surface area contributed by atoms with Crippen molar-refractivity contribution in [2.24, 2.45) is 5.92 Å². The molecule has 0 heterocycles. The summed E-state index contributed by atoms with van der Waals surface area (Å²) in [7, 11) is 0. The fourth-order valence-electron chi connectivity index (χ4n) is 2.19. The lowest BCUT2D eigenvalue weighted by atomic mass is 9.96. The number of ether oxygens (including phenoxy) is 1. The van der Waals surface area contributed by atoms with E-state index in [9.17, 15) is 9.18 Å². The van der Waals surface area contributed by atoms with Crippen molar-refractivity contribution >= 4 is 5.91 Å². The Morgan fingerprint density at radius 1 is 1.09 bits per heavy atom. The molecular weight excluding hydrogens is 281 g/mol. The monoisotopic (exact) mass is 301 g/mol. The molecule has 2 rings (SSSR count). The molecular formula is C18H20FNO2. The topological polar surface area (TPSA) is 38.3 Å². The zero-order valence-corrected chi connectivity index (χ0v) is 12.8. The summed E-state index contributed by atoms with van der Waals surface area (Å²) in [6.45, 7) is 3.97. The van der Waals surface area contributed by atoms with Crippen LogP contribution in [0.3, 0.4) is 0 Å². The molecule has 1 N–H and O–H groups in total. The van der Waals surface area contributed by atoms with E-state index in [4.69, 9.17) is 4.74 Å². The molecule has 22 heavy (non-hydrogen) atoms. The quantitative estimate of drug-likeness (QED) is 0.883. The summed E-state index contributed by atoms with van der Waals surface area (Å²) in [6, 6.07) is 15.2. The minimum atomic E-state index is -0.287. The number of carbonyl (C=O) groups excluding carboxylic acids is 1. The van der Waals surface area contributed by atoms with E-state index in [0.717, 1.165) is 5.56 Å². The van der Waals surface area contributed by atoms with E-state index in [2.05, 4.69) is 5.32 Å². The average molecular weight is 301 g/mol. The molecule has 0 aliphatic rings. The van der Waals surface area contributed by atoms with Gasteiger partial charge in [0.25, 0.3) is 5.91 Å². The highest BCUT2D eigenvalue weighted by Gasteiger charge is 2.18. The molecule has 0 aromatic heterocycles. The molecule has 4 heteroatoms. The fraction of sp³-hybridized carbons (Fsp3) is 0.278. The molecule has 2 aromatic rings. The van der Waals surface area contributed by atoms with Crippen LogP contribution in [0, 0.1) is 11.7 Å². The third kappa shape index (κ3) is 4.58. The second-order valence-corrected chi connectivity index (χ2v) is 5.44. The molecule has 0 aliphatic heterocycles. The van der Waals surface area contributed by atoms with Crippen molar-refractivity contribution in [1.82, 2.24) is 5.32 Å². The van der Waals surface area contributed by atoms with Crippen LogP contribution >= 0.6 is 0 Å². The van der Waals surface area contributed by atoms with Gasteiger partial charge in [-0.1, -0.05) is 44.2 Å². The van der Waals surface area contributed by atoms with Gasteiger partial charge in [0.2, 0.25) is 0 Å². The Balaban J connectivity index is 1.96. The smallest absolute Gasteiger partial charge is 0.258 e. The average Bonchev–Trinajstić information content (AvgIpc) is 2.52. The number of rotatable bonds is 6. The van der Waals surface area contributed by atoms with E-state index in [0.29, 0.717) is 5.75 Å². The maximum absolute atomic E-state index is 13.0. The molecule has 2 aromatic carbocycles. The maximum Gasteiger partial charge on any atom is 0.258 e. The predicted octanol–water partition coefficient (Wildman–Crippen LogP) is 3.72. The van der Waals surface area contributed by atoms with Crippen LogP contribution in [0.5, 0.6) is 5.75 Å². The lowest BCUT2D eigenvalue weighted by Crippen LogP contribution is -2.35. The van der Waals surface area contributed by atoms with Crippen molar-refractivity contribution in [3.8, 4) is 5.75 Å². The Labute approximate surface area is 130 Å². The number of benzene rings is 2. The second-order valence-electron chi connectivity index (χ2n) is 5.44. The van der Waals surface area contributed by atoms with E-state index in [-0.39, 0.29) is 30.3 Å². The Morgan fingerprint density at radius 2 is 1.73 bits per heavy atom. The van der Waals surface area contributed by atoms with E-state index in [1.54, 1.807) is 24.3 Å². The van der Waals surface area contributed by atoms with E-state index in [1.165, 1.54) is 12.1 Å². The van der Waals surface area contributed by atoms with Crippen LogP contribution < -0.4 is 10.1 Å². The normalized spacial score (nSPS) is 12.0. The first-order valence-corrected chi connectivity index (χ1v) is 7.29. The van der Waals surface area contributed by atoms with Crippen molar-refractivity contribution in [2.45, 2.75) is 19.9 Å². The minimum Gasteiger partial charge on any atom is -0.484 e. The summed E-state index contributed by atoms with van der Waals surface area (Å²) >= 11 is 0. The van der Waals surface area contributed by atoms with Crippen LogP contribution in [0.2, 0.25) is 0 Å². The van der Waals surface area contributed by atoms with E-state index in [1.807, 2.05) is 32.0 Å². The van der Waals surface area contributed by atoms with Crippen molar-refractivity contribution in [3.05, 3.63) is 66.0 Å². The van der Waals surface area contributed by atoms with Crippen LogP contribution in [0.1, 0.15) is 25.5 Å². The Bertz CT molecular complexity index is 596. The van der Waals surface area contributed by atoms with Gasteiger partial charge in [-0.05, 0) is 35.7 Å². The van der Waals surface area contributed by atoms with Gasteiger partial charge in [-0.3, -0.25) is 4.79 Å². The first-order chi connectivity index (χ1) is 10.6. The molecule has 0 fully saturated rings. The van der Waals surface area contributed by atoms with Gasteiger partial charge in [-0.25, -0.2) is 4.39 Å². The number of amides is 1. The lowest BCUT2D eigenvalue weighted by Gasteiger charge is -2.23. The summed E-state index contributed by atoms with van der Waals surface area (Å²) in [5.41, 5.74) is 0.879. The third-order valence-corrected chi connectivity index (χ3v) is 3.33. The van der Waals surface area contributed by atoms with Gasteiger partial charge in [0.15, 0.2) is 6.61 Å². The molecule has 0 radical (unpaired) electrons. The molecule has 0 aliphatic carbocycles. The Kier molecular flexibility index (Phi) is 5.53. The first kappa shape index (κ1) is 16.0. The summed E-state index contributed by atoms with van der Waals surface area (Å²) in [6.07, 6.45) is 0. The van der Waals surface area contributed by atoms with Gasteiger partial charge in [0.1, 0.15) is 11.6 Å². The molecule has 0 spiro atoms. The highest BCUT2D eigenvalue weighted by molar-refractivity contribution is 5.78. The minimum absolute atomic E-state index is 0.0472. The number of para-hydroxylation sites is 1. The number of halogens is 1. The molecule has 116 valence electrons. The first-order valence-electron chi connectivity index (χ1n) is 7.29. The summed E-state index contributed by atoms with van der Waals surface area (Å²) in [4.78, 5) is 12.1. The van der Waals surface area contributed by atoms with Gasteiger partial charge in [0.05, 0.1) is 6.04 Å². The predicted molar refractivity (Wildman–Crippen MR) is 84.1 cm³/mol. The van der Waals surface area contributed by atoms with Crippen molar-refractivity contribution < 1.29 is 13.9 Å². The Hall–Kier alpha value is -2.36. The van der Waals surface area contributed by atoms with Crippen LogP contribution in [-0.4, -0.2) is 12.5 Å². The highest BCUT2D eigenvalue weighted by Crippen LogP contribution is 2.21. The summed E-state index contributed by atoms with van der Waals surface area (Å²) in [5.74, 6) is 0.350. The zero-order chi connectivity index (χ0) is 15.9. The lowest BCUT2D eigenvalue weighted by molar-refractivity contribution is -0.124. The number of hydrogen-bond acceptors (Lipinski definition) is 2. The second kappa shape index (κ2) is 7.59. The van der Waals surface area contributed by atoms with Gasteiger partial charge < -0.3 is 10.1 Å².